The minimum Gasteiger partial charge on any atom is -0.383 e. The fourth-order valence-electron chi connectivity index (χ4n) is 1.49. The summed E-state index contributed by atoms with van der Waals surface area (Å²) in [6.45, 7) is 2.62. The van der Waals surface area contributed by atoms with Crippen molar-refractivity contribution in [2.24, 2.45) is 0 Å². The zero-order chi connectivity index (χ0) is 12.5. The molecule has 5 nitrogen and oxygen atoms in total. The second kappa shape index (κ2) is 7.60. The van der Waals surface area contributed by atoms with Crippen molar-refractivity contribution in [3.63, 3.8) is 0 Å². The summed E-state index contributed by atoms with van der Waals surface area (Å²) in [4.78, 5) is 6.10. The molecule has 0 aromatic carbocycles. The molecular weight excluding hydrogens is 218 g/mol. The maximum absolute atomic E-state index is 9.05. The third-order valence-corrected chi connectivity index (χ3v) is 2.39. The summed E-state index contributed by atoms with van der Waals surface area (Å²) in [6, 6.07) is 3.88. The first kappa shape index (κ1) is 13.4. The van der Waals surface area contributed by atoms with Crippen molar-refractivity contribution in [1.29, 1.82) is 5.26 Å². The molecule has 0 bridgehead atoms. The SMILES string of the molecule is COCCN(CCOC)c1cnccc1C#N. The summed E-state index contributed by atoms with van der Waals surface area (Å²) < 4.78 is 10.1. The van der Waals surface area contributed by atoms with Crippen LogP contribution in [0, 0.1) is 11.3 Å². The lowest BCUT2D eigenvalue weighted by Crippen LogP contribution is -2.31. The molecule has 92 valence electrons. The van der Waals surface area contributed by atoms with Gasteiger partial charge in [0.25, 0.3) is 0 Å². The van der Waals surface area contributed by atoms with Crippen LogP contribution >= 0.6 is 0 Å². The van der Waals surface area contributed by atoms with E-state index >= 15 is 0 Å². The Bertz CT molecular complexity index is 368. The van der Waals surface area contributed by atoms with Crippen LogP contribution in [0.2, 0.25) is 0 Å². The van der Waals surface area contributed by atoms with E-state index in [-0.39, 0.29) is 0 Å². The summed E-state index contributed by atoms with van der Waals surface area (Å²) in [5.41, 5.74) is 1.44. The number of ether oxygens (including phenoxy) is 2. The van der Waals surface area contributed by atoms with E-state index < -0.39 is 0 Å². The average Bonchev–Trinajstić information content (AvgIpc) is 2.39. The quantitative estimate of drug-likeness (QED) is 0.707. The Balaban J connectivity index is 2.83. The lowest BCUT2D eigenvalue weighted by atomic mass is 10.2. The van der Waals surface area contributed by atoms with Crippen LogP contribution in [-0.4, -0.2) is 45.5 Å². The molecule has 1 aromatic rings. The van der Waals surface area contributed by atoms with E-state index in [0.717, 1.165) is 5.69 Å². The maximum atomic E-state index is 9.05. The standard InChI is InChI=1S/C12H17N3O2/c1-16-7-5-15(6-8-17-2)12-10-14-4-3-11(12)9-13/h3-4,10H,5-8H2,1-2H3. The minimum atomic E-state index is 0.601. The smallest absolute Gasteiger partial charge is 0.101 e. The normalized spacial score (nSPS) is 9.94. The summed E-state index contributed by atoms with van der Waals surface area (Å²) in [7, 11) is 3.31. The predicted octanol–water partition coefficient (Wildman–Crippen LogP) is 1.05. The van der Waals surface area contributed by atoms with E-state index in [0.29, 0.717) is 31.9 Å². The molecule has 0 atom stereocenters. The summed E-state index contributed by atoms with van der Waals surface area (Å²) in [6.07, 6.45) is 3.32. The molecule has 0 saturated carbocycles. The van der Waals surface area contributed by atoms with Crippen LogP contribution < -0.4 is 4.90 Å². The third kappa shape index (κ3) is 4.02. The average molecular weight is 235 g/mol. The third-order valence-electron chi connectivity index (χ3n) is 2.39. The molecular formula is C12H17N3O2. The van der Waals surface area contributed by atoms with Crippen LogP contribution in [0.15, 0.2) is 18.5 Å². The highest BCUT2D eigenvalue weighted by atomic mass is 16.5. The van der Waals surface area contributed by atoms with Crippen LogP contribution in [0.5, 0.6) is 0 Å². The van der Waals surface area contributed by atoms with Gasteiger partial charge < -0.3 is 14.4 Å². The Morgan fingerprint density at radius 1 is 1.29 bits per heavy atom. The maximum Gasteiger partial charge on any atom is 0.101 e. The van der Waals surface area contributed by atoms with E-state index in [1.807, 2.05) is 4.90 Å². The lowest BCUT2D eigenvalue weighted by Gasteiger charge is -2.24. The molecule has 1 rings (SSSR count). The van der Waals surface area contributed by atoms with Gasteiger partial charge in [-0.15, -0.1) is 0 Å². The molecule has 1 aromatic heterocycles. The molecule has 0 amide bonds. The van der Waals surface area contributed by atoms with E-state index in [2.05, 4.69) is 11.1 Å². The van der Waals surface area contributed by atoms with Crippen molar-refractivity contribution in [3.8, 4) is 6.07 Å². The van der Waals surface area contributed by atoms with Crippen LogP contribution in [0.4, 0.5) is 5.69 Å². The molecule has 0 radical (unpaired) electrons. The molecule has 17 heavy (non-hydrogen) atoms. The molecule has 0 unspecified atom stereocenters. The van der Waals surface area contributed by atoms with Gasteiger partial charge in [0, 0.05) is 33.5 Å². The highest BCUT2D eigenvalue weighted by Gasteiger charge is 2.10. The zero-order valence-corrected chi connectivity index (χ0v) is 10.2. The number of aromatic nitrogens is 1. The van der Waals surface area contributed by atoms with E-state index in [1.165, 1.54) is 0 Å². The van der Waals surface area contributed by atoms with Gasteiger partial charge in [-0.05, 0) is 6.07 Å². The van der Waals surface area contributed by atoms with Gasteiger partial charge in [-0.2, -0.15) is 5.26 Å². The molecule has 0 N–H and O–H groups in total. The van der Waals surface area contributed by atoms with E-state index in [4.69, 9.17) is 14.7 Å². The molecule has 0 fully saturated rings. The number of nitriles is 1. The first-order chi connectivity index (χ1) is 8.33. The topological polar surface area (TPSA) is 58.4 Å². The monoisotopic (exact) mass is 235 g/mol. The minimum absolute atomic E-state index is 0.601. The van der Waals surface area contributed by atoms with Crippen molar-refractivity contribution in [3.05, 3.63) is 24.0 Å². The zero-order valence-electron chi connectivity index (χ0n) is 10.2. The van der Waals surface area contributed by atoms with E-state index in [9.17, 15) is 0 Å². The number of hydrogen-bond donors (Lipinski definition) is 0. The number of pyridine rings is 1. The van der Waals surface area contributed by atoms with Crippen LogP contribution in [-0.2, 0) is 9.47 Å². The van der Waals surface area contributed by atoms with Gasteiger partial charge in [0.2, 0.25) is 0 Å². The van der Waals surface area contributed by atoms with Gasteiger partial charge in [0.05, 0.1) is 30.7 Å². The van der Waals surface area contributed by atoms with Gasteiger partial charge in [0.15, 0.2) is 0 Å². The molecule has 1 heterocycles. The second-order valence-corrected chi connectivity index (χ2v) is 3.48. The fraction of sp³-hybridized carbons (Fsp3) is 0.500. The number of anilines is 1. The summed E-state index contributed by atoms with van der Waals surface area (Å²) in [5.74, 6) is 0. The lowest BCUT2D eigenvalue weighted by molar-refractivity contribution is 0.190. The summed E-state index contributed by atoms with van der Waals surface area (Å²) in [5, 5.41) is 9.05. The van der Waals surface area contributed by atoms with Gasteiger partial charge in [-0.25, -0.2) is 0 Å². The Morgan fingerprint density at radius 2 is 1.94 bits per heavy atom. The molecule has 0 aliphatic heterocycles. The van der Waals surface area contributed by atoms with Crippen molar-refractivity contribution < 1.29 is 9.47 Å². The molecule has 5 heteroatoms. The van der Waals surface area contributed by atoms with Gasteiger partial charge in [-0.3, -0.25) is 4.98 Å². The van der Waals surface area contributed by atoms with E-state index in [1.54, 1.807) is 32.7 Å². The Morgan fingerprint density at radius 3 is 2.47 bits per heavy atom. The predicted molar refractivity (Wildman–Crippen MR) is 64.9 cm³/mol. The number of rotatable bonds is 7. The Labute approximate surface area is 102 Å². The number of hydrogen-bond acceptors (Lipinski definition) is 5. The largest absolute Gasteiger partial charge is 0.383 e. The van der Waals surface area contributed by atoms with Crippen molar-refractivity contribution in [1.82, 2.24) is 4.98 Å². The van der Waals surface area contributed by atoms with Crippen molar-refractivity contribution in [2.75, 3.05) is 45.4 Å². The van der Waals surface area contributed by atoms with Gasteiger partial charge in [0.1, 0.15) is 6.07 Å². The number of nitrogens with zero attached hydrogens (tertiary/aromatic N) is 3. The van der Waals surface area contributed by atoms with Crippen LogP contribution in [0.25, 0.3) is 0 Å². The highest BCUT2D eigenvalue weighted by molar-refractivity contribution is 5.57. The first-order valence-electron chi connectivity index (χ1n) is 5.40. The van der Waals surface area contributed by atoms with Crippen molar-refractivity contribution in [2.45, 2.75) is 0 Å². The fourth-order valence-corrected chi connectivity index (χ4v) is 1.49. The number of methoxy groups -OCH3 is 2. The van der Waals surface area contributed by atoms with Crippen LogP contribution in [0.3, 0.4) is 0 Å². The molecule has 0 spiro atoms. The summed E-state index contributed by atoms with van der Waals surface area (Å²) >= 11 is 0. The Hall–Kier alpha value is -1.64. The van der Waals surface area contributed by atoms with Crippen LogP contribution in [0.1, 0.15) is 5.56 Å². The highest BCUT2D eigenvalue weighted by Crippen LogP contribution is 2.17. The van der Waals surface area contributed by atoms with Gasteiger partial charge in [-0.1, -0.05) is 0 Å². The molecule has 0 aliphatic rings. The van der Waals surface area contributed by atoms with Gasteiger partial charge >= 0.3 is 0 Å². The molecule has 0 saturated heterocycles. The second-order valence-electron chi connectivity index (χ2n) is 3.48. The Kier molecular flexibility index (Phi) is 6.00. The first-order valence-corrected chi connectivity index (χ1v) is 5.40. The molecule has 0 aliphatic carbocycles. The van der Waals surface area contributed by atoms with Crippen molar-refractivity contribution >= 4 is 5.69 Å².